The molecule has 0 heterocycles. The molecule has 0 bridgehead atoms. The molecule has 0 amide bonds. The number of carbonyl (C=O) groups is 1. The molecule has 4 heteroatoms. The molecular formula is C20H31IO2Te. The van der Waals surface area contributed by atoms with Crippen molar-refractivity contribution >= 4 is 49.5 Å². The third-order valence-corrected chi connectivity index (χ3v) is 8.11. The van der Waals surface area contributed by atoms with Crippen LogP contribution in [0.4, 0.5) is 0 Å². The SMILES string of the molecule is O=C(O)CCCC[Te]CCCCCCCCCc1ccc(I)cc1. The Kier molecular flexibility index (Phi) is 14.3. The van der Waals surface area contributed by atoms with Gasteiger partial charge in [0.05, 0.1) is 0 Å². The summed E-state index contributed by atoms with van der Waals surface area (Å²) in [7, 11) is 0. The summed E-state index contributed by atoms with van der Waals surface area (Å²) in [6.45, 7) is 0. The normalized spacial score (nSPS) is 10.9. The summed E-state index contributed by atoms with van der Waals surface area (Å²) in [5, 5.41) is 8.57. The number of benzene rings is 1. The Morgan fingerprint density at radius 2 is 1.38 bits per heavy atom. The molecule has 0 atom stereocenters. The zero-order chi connectivity index (χ0) is 17.5. The van der Waals surface area contributed by atoms with Gasteiger partial charge in [0.25, 0.3) is 0 Å². The van der Waals surface area contributed by atoms with Crippen LogP contribution in [-0.2, 0) is 11.2 Å². The van der Waals surface area contributed by atoms with Crippen molar-refractivity contribution in [1.29, 1.82) is 0 Å². The molecule has 0 saturated carbocycles. The van der Waals surface area contributed by atoms with Crippen LogP contribution >= 0.6 is 22.6 Å². The summed E-state index contributed by atoms with van der Waals surface area (Å²) in [6.07, 6.45) is 13.3. The quantitative estimate of drug-likeness (QED) is 0.155. The van der Waals surface area contributed by atoms with E-state index in [1.54, 1.807) is 0 Å². The van der Waals surface area contributed by atoms with Gasteiger partial charge in [-0.1, -0.05) is 0 Å². The van der Waals surface area contributed by atoms with E-state index >= 15 is 0 Å². The number of aryl methyl sites for hydroxylation is 1. The monoisotopic (exact) mass is 560 g/mol. The second kappa shape index (κ2) is 15.5. The van der Waals surface area contributed by atoms with Crippen molar-refractivity contribution in [3.63, 3.8) is 0 Å². The topological polar surface area (TPSA) is 37.3 Å². The average Bonchev–Trinajstić information content (AvgIpc) is 2.56. The van der Waals surface area contributed by atoms with Gasteiger partial charge in [0, 0.05) is 3.57 Å². The summed E-state index contributed by atoms with van der Waals surface area (Å²) in [5.41, 5.74) is 1.48. The molecule has 136 valence electrons. The first-order chi connectivity index (χ1) is 11.7. The van der Waals surface area contributed by atoms with Crippen molar-refractivity contribution in [3.05, 3.63) is 33.4 Å². The molecule has 0 aliphatic rings. The fraction of sp³-hybridized carbons (Fsp3) is 0.650. The summed E-state index contributed by atoms with van der Waals surface area (Å²) in [6, 6.07) is 8.91. The Bertz CT molecular complexity index is 434. The molecule has 1 aromatic carbocycles. The van der Waals surface area contributed by atoms with Crippen LogP contribution in [0, 0.1) is 3.57 Å². The summed E-state index contributed by atoms with van der Waals surface area (Å²) >= 11 is 2.53. The third-order valence-electron chi connectivity index (χ3n) is 4.10. The molecule has 1 aromatic rings. The van der Waals surface area contributed by atoms with Gasteiger partial charge >= 0.3 is 146 Å². The minimum atomic E-state index is -0.644. The van der Waals surface area contributed by atoms with Crippen LogP contribution in [0.25, 0.3) is 0 Å². The number of aliphatic carboxylic acids is 1. The second-order valence-corrected chi connectivity index (χ2v) is 11.1. The summed E-state index contributed by atoms with van der Waals surface area (Å²) in [4.78, 5) is 10.4. The summed E-state index contributed by atoms with van der Waals surface area (Å²) < 4.78 is 4.10. The molecule has 0 saturated heterocycles. The van der Waals surface area contributed by atoms with Gasteiger partial charge < -0.3 is 0 Å². The average molecular weight is 558 g/mol. The zero-order valence-electron chi connectivity index (χ0n) is 14.6. The predicted molar refractivity (Wildman–Crippen MR) is 112 cm³/mol. The number of hydrogen-bond acceptors (Lipinski definition) is 1. The second-order valence-electron chi connectivity index (χ2n) is 6.31. The minimum absolute atomic E-state index is 0.168. The molecule has 0 aromatic heterocycles. The van der Waals surface area contributed by atoms with Gasteiger partial charge in [-0.3, -0.25) is 0 Å². The number of carboxylic acid groups (broad SMARTS) is 1. The van der Waals surface area contributed by atoms with E-state index in [0.29, 0.717) is 6.42 Å². The molecule has 0 fully saturated rings. The maximum absolute atomic E-state index is 10.4. The fourth-order valence-corrected chi connectivity index (χ4v) is 5.92. The van der Waals surface area contributed by atoms with E-state index in [-0.39, 0.29) is 20.9 Å². The molecule has 0 aliphatic heterocycles. The molecule has 0 radical (unpaired) electrons. The fourth-order valence-electron chi connectivity index (χ4n) is 2.65. The Morgan fingerprint density at radius 1 is 0.833 bits per heavy atom. The predicted octanol–water partition coefficient (Wildman–Crippen LogP) is 6.36. The van der Waals surface area contributed by atoms with Gasteiger partial charge in [0.15, 0.2) is 0 Å². The van der Waals surface area contributed by atoms with E-state index in [2.05, 4.69) is 46.9 Å². The van der Waals surface area contributed by atoms with Crippen LogP contribution in [0.1, 0.15) is 69.8 Å². The molecule has 1 rings (SSSR count). The van der Waals surface area contributed by atoms with Gasteiger partial charge in [-0.15, -0.1) is 0 Å². The van der Waals surface area contributed by atoms with Crippen molar-refractivity contribution in [1.82, 2.24) is 0 Å². The number of halogens is 1. The van der Waals surface area contributed by atoms with Gasteiger partial charge in [-0.25, -0.2) is 0 Å². The van der Waals surface area contributed by atoms with Gasteiger partial charge in [0.1, 0.15) is 0 Å². The molecule has 1 N–H and O–H groups in total. The first-order valence-electron chi connectivity index (χ1n) is 9.22. The molecule has 0 aliphatic carbocycles. The third kappa shape index (κ3) is 13.5. The van der Waals surface area contributed by atoms with Gasteiger partial charge in [-0.05, 0) is 22.6 Å². The molecule has 2 nitrogen and oxygen atoms in total. The molecule has 0 spiro atoms. The first-order valence-corrected chi connectivity index (χ1v) is 13.6. The molecule has 0 unspecified atom stereocenters. The van der Waals surface area contributed by atoms with E-state index in [0.717, 1.165) is 12.8 Å². The molecule has 24 heavy (non-hydrogen) atoms. The first kappa shape index (κ1) is 22.3. The van der Waals surface area contributed by atoms with E-state index in [4.69, 9.17) is 5.11 Å². The van der Waals surface area contributed by atoms with E-state index in [9.17, 15) is 4.79 Å². The van der Waals surface area contributed by atoms with Crippen molar-refractivity contribution in [2.24, 2.45) is 0 Å². The van der Waals surface area contributed by atoms with Gasteiger partial charge in [-0.2, -0.15) is 0 Å². The number of hydrogen-bond donors (Lipinski definition) is 1. The van der Waals surface area contributed by atoms with Crippen LogP contribution in [0.2, 0.25) is 8.94 Å². The van der Waals surface area contributed by atoms with Crippen LogP contribution in [0.15, 0.2) is 24.3 Å². The Morgan fingerprint density at radius 3 is 2.00 bits per heavy atom. The van der Waals surface area contributed by atoms with E-state index < -0.39 is 5.97 Å². The maximum atomic E-state index is 10.4. The number of carboxylic acids is 1. The van der Waals surface area contributed by atoms with E-state index in [1.807, 2.05) is 0 Å². The number of rotatable bonds is 15. The van der Waals surface area contributed by atoms with E-state index in [1.165, 1.54) is 69.4 Å². The van der Waals surface area contributed by atoms with Crippen LogP contribution in [0.5, 0.6) is 0 Å². The van der Waals surface area contributed by atoms with Crippen LogP contribution in [-0.4, -0.2) is 32.0 Å². The van der Waals surface area contributed by atoms with Crippen molar-refractivity contribution in [3.8, 4) is 0 Å². The van der Waals surface area contributed by atoms with Gasteiger partial charge in [0.2, 0.25) is 0 Å². The van der Waals surface area contributed by atoms with Crippen molar-refractivity contribution < 1.29 is 9.90 Å². The molecular weight excluding hydrogens is 527 g/mol. The zero-order valence-corrected chi connectivity index (χ0v) is 19.1. The van der Waals surface area contributed by atoms with Crippen molar-refractivity contribution in [2.45, 2.75) is 79.6 Å². The Hall–Kier alpha value is 0.210. The Balaban J connectivity index is 1.77. The number of unbranched alkanes of at least 4 members (excludes halogenated alkanes) is 7. The summed E-state index contributed by atoms with van der Waals surface area (Å²) in [5.74, 6) is -0.644. The van der Waals surface area contributed by atoms with Crippen LogP contribution in [0.3, 0.4) is 0 Å². The van der Waals surface area contributed by atoms with Crippen molar-refractivity contribution in [2.75, 3.05) is 0 Å². The van der Waals surface area contributed by atoms with Crippen LogP contribution < -0.4 is 0 Å². The Labute approximate surface area is 171 Å². The standard InChI is InChI=1S/C20H31IO2Te/c21-19-14-12-18(13-15-19)10-6-4-2-1-3-5-8-16-24-17-9-7-11-20(22)23/h12-15H,1-11,16-17H2,(H,22,23).